The first-order valence-electron chi connectivity index (χ1n) is 14.6. The van der Waals surface area contributed by atoms with E-state index >= 15 is 0 Å². The van der Waals surface area contributed by atoms with Crippen LogP contribution in [0, 0.1) is 0 Å². The van der Waals surface area contributed by atoms with Gasteiger partial charge in [0.25, 0.3) is 5.91 Å². The minimum absolute atomic E-state index is 0.0798. The lowest BCUT2D eigenvalue weighted by molar-refractivity contribution is -0.141. The Morgan fingerprint density at radius 3 is 2.07 bits per heavy atom. The number of nitrogens with one attached hydrogen (secondary N) is 2. The molecule has 10 heteroatoms. The molecule has 0 heterocycles. The zero-order valence-corrected chi connectivity index (χ0v) is 25.2. The van der Waals surface area contributed by atoms with Gasteiger partial charge in [-0.05, 0) is 85.8 Å². The van der Waals surface area contributed by atoms with Crippen molar-refractivity contribution in [2.45, 2.75) is 62.1 Å². The molecule has 0 radical (unpaired) electrons. The molecule has 2 N–H and O–H groups in total. The molecule has 0 fully saturated rings. The number of nitrogens with zero attached hydrogens (tertiary/aromatic N) is 1. The van der Waals surface area contributed by atoms with Gasteiger partial charge in [-0.15, -0.1) is 0 Å². The first-order valence-corrected chi connectivity index (χ1v) is 15.3. The fourth-order valence-electron chi connectivity index (χ4n) is 5.85. The number of carbonyl (C=O) groups is 2. The van der Waals surface area contributed by atoms with Crippen LogP contribution in [0.5, 0.6) is 0 Å². The Balaban J connectivity index is 1.37. The van der Waals surface area contributed by atoms with E-state index in [2.05, 4.69) is 22.5 Å². The molecule has 0 saturated carbocycles. The molecule has 230 valence electrons. The maximum absolute atomic E-state index is 13.7. The SMILES string of the molecule is CCN(CCCCC1(C(=O)NCC(F)(F)F)c2ccccc2-c2ccccc21)CCC(C)NC(=O)c1ccc(SF)cc1. The molecule has 0 aromatic heterocycles. The van der Waals surface area contributed by atoms with Crippen molar-refractivity contribution in [3.63, 3.8) is 0 Å². The lowest BCUT2D eigenvalue weighted by Gasteiger charge is -2.31. The predicted octanol–water partition coefficient (Wildman–Crippen LogP) is 7.31. The minimum Gasteiger partial charge on any atom is -0.350 e. The van der Waals surface area contributed by atoms with E-state index in [-0.39, 0.29) is 24.1 Å². The fourth-order valence-corrected chi connectivity index (χ4v) is 6.09. The zero-order chi connectivity index (χ0) is 31.0. The summed E-state index contributed by atoms with van der Waals surface area (Å²) in [5.74, 6) is -0.839. The number of hydrogen-bond acceptors (Lipinski definition) is 4. The average molecular weight is 616 g/mol. The highest BCUT2D eigenvalue weighted by Crippen LogP contribution is 2.51. The summed E-state index contributed by atoms with van der Waals surface area (Å²) in [6.07, 6.45) is -2.01. The van der Waals surface area contributed by atoms with Gasteiger partial charge in [-0.1, -0.05) is 61.9 Å². The van der Waals surface area contributed by atoms with Crippen LogP contribution in [0.2, 0.25) is 0 Å². The summed E-state index contributed by atoms with van der Waals surface area (Å²) in [5.41, 5.74) is 2.51. The van der Waals surface area contributed by atoms with E-state index in [0.29, 0.717) is 23.3 Å². The van der Waals surface area contributed by atoms with Crippen LogP contribution in [0.15, 0.2) is 77.7 Å². The van der Waals surface area contributed by atoms with E-state index in [1.54, 1.807) is 24.3 Å². The van der Waals surface area contributed by atoms with E-state index in [9.17, 15) is 26.6 Å². The lowest BCUT2D eigenvalue weighted by Crippen LogP contribution is -2.47. The Morgan fingerprint density at radius 1 is 0.907 bits per heavy atom. The topological polar surface area (TPSA) is 61.4 Å². The minimum atomic E-state index is -4.51. The third-order valence-corrected chi connectivity index (χ3v) is 8.54. The number of rotatable bonds is 14. The number of halogens is 4. The van der Waals surface area contributed by atoms with Crippen molar-refractivity contribution in [2.24, 2.45) is 0 Å². The Hall–Kier alpha value is -3.37. The van der Waals surface area contributed by atoms with E-state index in [1.807, 2.05) is 55.5 Å². The van der Waals surface area contributed by atoms with Gasteiger partial charge in [-0.2, -0.15) is 17.1 Å². The summed E-state index contributed by atoms with van der Waals surface area (Å²) in [6, 6.07) is 21.2. The quantitative estimate of drug-likeness (QED) is 0.148. The van der Waals surface area contributed by atoms with Crippen LogP contribution in [-0.2, 0) is 10.2 Å². The highest BCUT2D eigenvalue weighted by atomic mass is 32.2. The maximum Gasteiger partial charge on any atom is 0.405 e. The smallest absolute Gasteiger partial charge is 0.350 e. The van der Waals surface area contributed by atoms with Gasteiger partial charge in [0.05, 0.1) is 12.1 Å². The van der Waals surface area contributed by atoms with Crippen LogP contribution < -0.4 is 10.6 Å². The number of unbranched alkanes of at least 4 members (excludes halogenated alkanes) is 1. The summed E-state index contributed by atoms with van der Waals surface area (Å²) in [4.78, 5) is 28.9. The normalized spacial score (nSPS) is 14.2. The second-order valence-corrected chi connectivity index (χ2v) is 11.6. The fraction of sp³-hybridized carbons (Fsp3) is 0.394. The molecule has 0 spiro atoms. The van der Waals surface area contributed by atoms with Crippen LogP contribution in [0.3, 0.4) is 0 Å². The van der Waals surface area contributed by atoms with E-state index in [0.717, 1.165) is 54.7 Å². The lowest BCUT2D eigenvalue weighted by atomic mass is 9.73. The average Bonchev–Trinajstić information content (AvgIpc) is 3.29. The van der Waals surface area contributed by atoms with Crippen molar-refractivity contribution < 1.29 is 26.6 Å². The highest BCUT2D eigenvalue weighted by Gasteiger charge is 2.49. The van der Waals surface area contributed by atoms with Gasteiger partial charge >= 0.3 is 6.18 Å². The summed E-state index contributed by atoms with van der Waals surface area (Å²) in [7, 11) is 0. The van der Waals surface area contributed by atoms with Crippen LogP contribution >= 0.6 is 12.1 Å². The maximum atomic E-state index is 13.7. The third-order valence-electron chi connectivity index (χ3n) is 8.09. The van der Waals surface area contributed by atoms with Crippen molar-refractivity contribution in [3.8, 4) is 11.1 Å². The molecule has 3 aromatic rings. The second-order valence-electron chi connectivity index (χ2n) is 11.0. The molecule has 43 heavy (non-hydrogen) atoms. The Kier molecular flexibility index (Phi) is 10.9. The molecule has 0 aliphatic heterocycles. The second kappa shape index (κ2) is 14.4. The molecule has 2 amide bonds. The number of fused-ring (bicyclic) bond motifs is 3. The van der Waals surface area contributed by atoms with E-state index in [1.165, 1.54) is 0 Å². The third kappa shape index (κ3) is 7.78. The monoisotopic (exact) mass is 615 g/mol. The number of alkyl halides is 3. The molecule has 1 unspecified atom stereocenters. The molecule has 1 aliphatic carbocycles. The van der Waals surface area contributed by atoms with Crippen LogP contribution in [0.1, 0.15) is 61.0 Å². The van der Waals surface area contributed by atoms with E-state index in [4.69, 9.17) is 0 Å². The first kappa shape index (κ1) is 32.5. The van der Waals surface area contributed by atoms with E-state index < -0.39 is 24.0 Å². The van der Waals surface area contributed by atoms with Gasteiger partial charge in [0.1, 0.15) is 12.0 Å². The molecule has 5 nitrogen and oxygen atoms in total. The molecular weight excluding hydrogens is 578 g/mol. The molecule has 3 aromatic carbocycles. The summed E-state index contributed by atoms with van der Waals surface area (Å²) >= 11 is 0.132. The molecule has 4 rings (SSSR count). The van der Waals surface area contributed by atoms with Crippen molar-refractivity contribution in [2.75, 3.05) is 26.2 Å². The number of benzene rings is 3. The van der Waals surface area contributed by atoms with Crippen molar-refractivity contribution in [3.05, 3.63) is 89.5 Å². The van der Waals surface area contributed by atoms with Crippen LogP contribution in [0.4, 0.5) is 17.1 Å². The number of hydrogen-bond donors (Lipinski definition) is 2. The summed E-state index contributed by atoms with van der Waals surface area (Å²) in [5, 5.41) is 5.17. The van der Waals surface area contributed by atoms with Gasteiger partial charge in [-0.25, -0.2) is 0 Å². The van der Waals surface area contributed by atoms with Crippen molar-refractivity contribution >= 4 is 24.0 Å². The van der Waals surface area contributed by atoms with Crippen molar-refractivity contribution in [1.82, 2.24) is 15.5 Å². The summed E-state index contributed by atoms with van der Waals surface area (Å²) in [6.45, 7) is 4.92. The standard InChI is InChI=1S/C33H37F4N3O2S/c1-3-40(21-18-23(2)39-30(41)24-14-16-25(43-37)17-15-24)20-9-8-19-32(31(42)38-22-33(34,35)36)28-12-6-4-10-26(28)27-11-5-7-13-29(27)32/h4-7,10-17,23H,3,8-9,18-22H2,1-2H3,(H,38,42)(H,39,41). The highest BCUT2D eigenvalue weighted by molar-refractivity contribution is 7.94. The van der Waals surface area contributed by atoms with Crippen LogP contribution in [0.25, 0.3) is 11.1 Å². The van der Waals surface area contributed by atoms with Crippen LogP contribution in [-0.4, -0.2) is 55.1 Å². The van der Waals surface area contributed by atoms with Gasteiger partial charge in [0.15, 0.2) is 0 Å². The molecule has 0 saturated heterocycles. The zero-order valence-electron chi connectivity index (χ0n) is 24.3. The number of amides is 2. The van der Waals surface area contributed by atoms with Crippen molar-refractivity contribution in [1.29, 1.82) is 0 Å². The first-order chi connectivity index (χ1) is 20.6. The molecule has 1 atom stereocenters. The predicted molar refractivity (Wildman–Crippen MR) is 163 cm³/mol. The van der Waals surface area contributed by atoms with Gasteiger partial charge in [-0.3, -0.25) is 9.59 Å². The Labute approximate surface area is 254 Å². The Bertz CT molecular complexity index is 1350. The molecule has 0 bridgehead atoms. The molecule has 1 aliphatic rings. The summed E-state index contributed by atoms with van der Waals surface area (Å²) < 4.78 is 52.0. The molecular formula is C33H37F4N3O2S. The Morgan fingerprint density at radius 2 is 1.51 bits per heavy atom. The number of carbonyl (C=O) groups excluding carboxylic acids is 2. The van der Waals surface area contributed by atoms with Gasteiger partial charge in [0.2, 0.25) is 5.91 Å². The van der Waals surface area contributed by atoms with Gasteiger partial charge < -0.3 is 15.5 Å². The largest absolute Gasteiger partial charge is 0.405 e. The van der Waals surface area contributed by atoms with Gasteiger partial charge in [0, 0.05) is 23.0 Å².